The SMILES string of the molecule is FC(F)(F)c1ccc2c(c1)nc(NCCCOC1CCCCO1)c1ncc(C#CCl)n12.OCC#Cc1cnc2c(NCCCOC3CCCCO3)nc3cc(C(F)(F)F)ccc3n12. The van der Waals surface area contributed by atoms with E-state index in [2.05, 4.69) is 53.7 Å². The Labute approximate surface area is 362 Å². The maximum Gasteiger partial charge on any atom is 0.416 e. The Kier molecular flexibility index (Phi) is 15.1. The van der Waals surface area contributed by atoms with Gasteiger partial charge in [-0.15, -0.1) is 0 Å². The van der Waals surface area contributed by atoms with Gasteiger partial charge in [-0.3, -0.25) is 8.80 Å². The molecule has 2 unspecified atom stereocenters. The molecule has 6 heterocycles. The number of aliphatic hydroxyl groups is 1. The second kappa shape index (κ2) is 20.8. The number of aliphatic hydroxyl groups excluding tert-OH is 1. The molecule has 2 saturated heterocycles. The van der Waals surface area contributed by atoms with Crippen molar-refractivity contribution in [1.82, 2.24) is 28.7 Å². The summed E-state index contributed by atoms with van der Waals surface area (Å²) in [6.45, 7) is 3.06. The number of benzene rings is 2. The van der Waals surface area contributed by atoms with Gasteiger partial charge in [-0.2, -0.15) is 26.3 Å². The molecule has 3 N–H and O–H groups in total. The predicted molar refractivity (Wildman–Crippen MR) is 223 cm³/mol. The number of nitrogens with zero attached hydrogens (tertiary/aromatic N) is 6. The molecule has 2 atom stereocenters. The summed E-state index contributed by atoms with van der Waals surface area (Å²) in [5.41, 5.74) is 1.47. The number of nitrogens with one attached hydrogen (secondary N) is 2. The maximum absolute atomic E-state index is 13.2. The first kappa shape index (κ1) is 45.6. The second-order valence-corrected chi connectivity index (χ2v) is 14.7. The third kappa shape index (κ3) is 11.4. The van der Waals surface area contributed by atoms with Gasteiger partial charge in [-0.25, -0.2) is 19.9 Å². The first-order valence-electron chi connectivity index (χ1n) is 20.4. The molecule has 0 radical (unpaired) electrons. The molecule has 0 aliphatic carbocycles. The van der Waals surface area contributed by atoms with Crippen LogP contribution < -0.4 is 10.6 Å². The van der Waals surface area contributed by atoms with Crippen LogP contribution in [0.4, 0.5) is 38.0 Å². The molecule has 8 rings (SSSR count). The molecule has 20 heteroatoms. The summed E-state index contributed by atoms with van der Waals surface area (Å²) in [4.78, 5) is 17.5. The highest BCUT2D eigenvalue weighted by atomic mass is 35.5. The van der Waals surface area contributed by atoms with Crippen LogP contribution in [0.5, 0.6) is 0 Å². The van der Waals surface area contributed by atoms with Gasteiger partial charge < -0.3 is 34.7 Å². The van der Waals surface area contributed by atoms with Crippen LogP contribution in [0.2, 0.25) is 0 Å². The van der Waals surface area contributed by atoms with Crippen LogP contribution in [-0.4, -0.2) is 92.5 Å². The highest BCUT2D eigenvalue weighted by Crippen LogP contribution is 2.34. The standard InChI is InChI=1S/C22H23F3N4O3.C21H20ClF3N4O2/c23-22(24,25)15-7-8-18-17(13-15)28-20(21-27-14-16(29(18)21)5-3-10-30)26-9-4-12-32-19-6-1-2-11-31-19;22-8-7-15-13-27-20-19(26-9-3-11-31-18-4-1-2-10-30-18)28-16-12-14(21(23,24)25)5-6-17(16)29(15)20/h7-8,13-14,19,30H,1-2,4,6,9-12H2,(H,26,28);5-6,12-13,18H,1-4,9-11H2,(H,26,28). The first-order valence-corrected chi connectivity index (χ1v) is 20.7. The topological polar surface area (TPSA) is 142 Å². The zero-order valence-electron chi connectivity index (χ0n) is 33.8. The molecule has 2 fully saturated rings. The summed E-state index contributed by atoms with van der Waals surface area (Å²) in [5.74, 6) is 8.76. The fourth-order valence-electron chi connectivity index (χ4n) is 7.09. The number of rotatable bonds is 12. The highest BCUT2D eigenvalue weighted by molar-refractivity contribution is 6.30. The van der Waals surface area contributed by atoms with Crippen molar-refractivity contribution in [1.29, 1.82) is 0 Å². The van der Waals surface area contributed by atoms with E-state index < -0.39 is 23.5 Å². The summed E-state index contributed by atoms with van der Waals surface area (Å²) < 4.78 is 105. The van der Waals surface area contributed by atoms with Gasteiger partial charge in [-0.05, 0) is 111 Å². The summed E-state index contributed by atoms with van der Waals surface area (Å²) in [5, 5.41) is 17.6. The van der Waals surface area contributed by atoms with Crippen LogP contribution in [0, 0.1) is 23.1 Å². The smallest absolute Gasteiger partial charge is 0.384 e. The molecule has 0 amide bonds. The number of halogens is 7. The molecule has 13 nitrogen and oxygen atoms in total. The Bertz CT molecular complexity index is 2640. The van der Waals surface area contributed by atoms with E-state index >= 15 is 0 Å². The number of hydrogen-bond acceptors (Lipinski definition) is 11. The monoisotopic (exact) mass is 900 g/mol. The Morgan fingerprint density at radius 1 is 0.714 bits per heavy atom. The van der Waals surface area contributed by atoms with Crippen molar-refractivity contribution in [3.8, 4) is 23.1 Å². The molecule has 0 bridgehead atoms. The molecule has 0 saturated carbocycles. The average molecular weight is 901 g/mol. The fourth-order valence-corrected chi connectivity index (χ4v) is 7.18. The van der Waals surface area contributed by atoms with E-state index in [-0.39, 0.29) is 30.2 Å². The van der Waals surface area contributed by atoms with Crippen molar-refractivity contribution in [2.45, 2.75) is 76.3 Å². The van der Waals surface area contributed by atoms with E-state index in [1.807, 2.05) is 0 Å². The predicted octanol–water partition coefficient (Wildman–Crippen LogP) is 8.38. The maximum atomic E-state index is 13.2. The first-order chi connectivity index (χ1) is 30.4. The van der Waals surface area contributed by atoms with Crippen LogP contribution in [0.25, 0.3) is 33.4 Å². The lowest BCUT2D eigenvalue weighted by Crippen LogP contribution is -2.23. The molecule has 63 heavy (non-hydrogen) atoms. The number of alkyl halides is 6. The Balaban J connectivity index is 0.000000189. The normalized spacial score (nSPS) is 16.9. The molecular weight excluding hydrogens is 858 g/mol. The number of hydrogen-bond donors (Lipinski definition) is 3. The van der Waals surface area contributed by atoms with Crippen LogP contribution >= 0.6 is 11.6 Å². The fraction of sp³-hybridized carbons (Fsp3) is 0.442. The third-order valence-corrected chi connectivity index (χ3v) is 10.2. The Hall–Kier alpha value is -5.41. The molecule has 4 aromatic heterocycles. The molecule has 0 spiro atoms. The molecular formula is C43H43ClF6N8O5. The van der Waals surface area contributed by atoms with Gasteiger partial charge in [0.05, 0.1) is 58.8 Å². The van der Waals surface area contributed by atoms with E-state index in [0.29, 0.717) is 91.1 Å². The summed E-state index contributed by atoms with van der Waals surface area (Å²) in [6.07, 6.45) is 1.12. The zero-order chi connectivity index (χ0) is 44.4. The van der Waals surface area contributed by atoms with E-state index in [4.69, 9.17) is 35.7 Å². The van der Waals surface area contributed by atoms with Crippen molar-refractivity contribution in [2.24, 2.45) is 0 Å². The number of fused-ring (bicyclic) bond motifs is 6. The van der Waals surface area contributed by atoms with Crippen LogP contribution in [0.3, 0.4) is 0 Å². The molecule has 6 aromatic rings. The Morgan fingerprint density at radius 3 is 1.60 bits per heavy atom. The van der Waals surface area contributed by atoms with Crippen LogP contribution in [-0.2, 0) is 31.3 Å². The average Bonchev–Trinajstić information content (AvgIpc) is 3.91. The van der Waals surface area contributed by atoms with Gasteiger partial charge in [0.1, 0.15) is 18.0 Å². The Morgan fingerprint density at radius 2 is 1.19 bits per heavy atom. The number of aromatic nitrogens is 6. The van der Waals surface area contributed by atoms with E-state index in [1.165, 1.54) is 24.5 Å². The third-order valence-electron chi connectivity index (χ3n) is 10.1. The second-order valence-electron chi connectivity index (χ2n) is 14.5. The summed E-state index contributed by atoms with van der Waals surface area (Å²) in [6, 6.07) is 6.75. The minimum Gasteiger partial charge on any atom is -0.384 e. The zero-order valence-corrected chi connectivity index (χ0v) is 34.5. The van der Waals surface area contributed by atoms with E-state index in [0.717, 1.165) is 69.4 Å². The molecule has 334 valence electrons. The van der Waals surface area contributed by atoms with Gasteiger partial charge in [0.2, 0.25) is 0 Å². The molecule has 2 aromatic carbocycles. The van der Waals surface area contributed by atoms with Crippen molar-refractivity contribution in [2.75, 3.05) is 56.8 Å². The van der Waals surface area contributed by atoms with Crippen molar-refractivity contribution in [3.63, 3.8) is 0 Å². The van der Waals surface area contributed by atoms with Gasteiger partial charge in [0, 0.05) is 31.7 Å². The van der Waals surface area contributed by atoms with Crippen LogP contribution in [0.1, 0.15) is 73.9 Å². The van der Waals surface area contributed by atoms with Gasteiger partial charge in [-0.1, -0.05) is 5.92 Å². The summed E-state index contributed by atoms with van der Waals surface area (Å²) in [7, 11) is 0. The van der Waals surface area contributed by atoms with E-state index in [9.17, 15) is 26.3 Å². The van der Waals surface area contributed by atoms with Gasteiger partial charge in [0.15, 0.2) is 35.5 Å². The van der Waals surface area contributed by atoms with Crippen molar-refractivity contribution in [3.05, 3.63) is 71.3 Å². The lowest BCUT2D eigenvalue weighted by molar-refractivity contribution is -0.162. The summed E-state index contributed by atoms with van der Waals surface area (Å²) >= 11 is 5.55. The van der Waals surface area contributed by atoms with Gasteiger partial charge in [0.25, 0.3) is 0 Å². The minimum atomic E-state index is -4.48. The number of imidazole rings is 2. The lowest BCUT2D eigenvalue weighted by atomic mass is 10.2. The van der Waals surface area contributed by atoms with Crippen molar-refractivity contribution < 1.29 is 50.4 Å². The van der Waals surface area contributed by atoms with Gasteiger partial charge >= 0.3 is 12.4 Å². The molecule has 2 aliphatic heterocycles. The highest BCUT2D eigenvalue weighted by Gasteiger charge is 2.32. The lowest BCUT2D eigenvalue weighted by Gasteiger charge is -2.22. The largest absolute Gasteiger partial charge is 0.416 e. The quantitative estimate of drug-likeness (QED) is 0.0620. The molecule has 2 aliphatic rings. The van der Waals surface area contributed by atoms with Crippen molar-refractivity contribution >= 4 is 56.6 Å². The van der Waals surface area contributed by atoms with Crippen LogP contribution in [0.15, 0.2) is 48.8 Å². The minimum absolute atomic E-state index is 0.159. The number of anilines is 2. The van der Waals surface area contributed by atoms with E-state index in [1.54, 1.807) is 8.80 Å². The number of ether oxygens (including phenoxy) is 4.